The van der Waals surface area contributed by atoms with Crippen molar-refractivity contribution in [3.05, 3.63) is 11.6 Å². The van der Waals surface area contributed by atoms with E-state index in [4.69, 9.17) is 0 Å². The standard InChI is InChI=1S/C30H48O6/c1-17-9-12-30(24(34)35)14-13-27(4)18(22(30)29(17,6)36)7-8-21-25(2)15-19(32)23(33)26(3,16-31)20(25)10-11-28(21,27)5/h7,17,19-23,31-33,36H,8-16H2,1-6H3,(H,34,35)/t17-,19-,20?,21-,22-,23+,25+,26?,27-,28-,29-,30+/m1/s1. The maximum atomic E-state index is 12.8. The lowest BCUT2D eigenvalue weighted by Crippen LogP contribution is -2.69. The molecule has 0 aromatic rings. The number of aliphatic hydroxyl groups is 4. The number of aliphatic hydroxyl groups excluding tert-OH is 3. The van der Waals surface area contributed by atoms with Gasteiger partial charge in [0.25, 0.3) is 0 Å². The fourth-order valence-electron chi connectivity index (χ4n) is 11.0. The molecule has 6 heteroatoms. The van der Waals surface area contributed by atoms with Gasteiger partial charge in [0.05, 0.1) is 29.8 Å². The van der Waals surface area contributed by atoms with Crippen LogP contribution < -0.4 is 0 Å². The third-order valence-corrected chi connectivity index (χ3v) is 13.6. The topological polar surface area (TPSA) is 118 Å². The first-order valence-corrected chi connectivity index (χ1v) is 14.2. The molecule has 0 spiro atoms. The fourth-order valence-corrected chi connectivity index (χ4v) is 11.0. The maximum absolute atomic E-state index is 12.8. The Kier molecular flexibility index (Phi) is 5.77. The molecular weight excluding hydrogens is 456 g/mol. The molecule has 2 unspecified atom stereocenters. The van der Waals surface area contributed by atoms with E-state index in [0.29, 0.717) is 19.3 Å². The van der Waals surface area contributed by atoms with E-state index in [1.165, 1.54) is 0 Å². The Morgan fingerprint density at radius 3 is 2.28 bits per heavy atom. The van der Waals surface area contributed by atoms with Gasteiger partial charge in [-0.25, -0.2) is 0 Å². The van der Waals surface area contributed by atoms with Gasteiger partial charge in [0.15, 0.2) is 0 Å². The molecule has 0 bridgehead atoms. The summed E-state index contributed by atoms with van der Waals surface area (Å²) in [6.45, 7) is 12.6. The minimum atomic E-state index is -1.09. The Hall–Kier alpha value is -0.950. The van der Waals surface area contributed by atoms with Crippen molar-refractivity contribution >= 4 is 5.97 Å². The first kappa shape index (κ1) is 26.6. The first-order valence-electron chi connectivity index (χ1n) is 14.2. The molecule has 12 atom stereocenters. The van der Waals surface area contributed by atoms with Gasteiger partial charge in [-0.15, -0.1) is 0 Å². The van der Waals surface area contributed by atoms with Crippen LogP contribution in [0.2, 0.25) is 0 Å². The maximum Gasteiger partial charge on any atom is 0.310 e. The van der Waals surface area contributed by atoms with E-state index in [1.54, 1.807) is 0 Å². The molecule has 5 rings (SSSR count). The molecule has 0 radical (unpaired) electrons. The molecule has 0 aliphatic heterocycles. The van der Waals surface area contributed by atoms with Gasteiger partial charge in [0.1, 0.15) is 0 Å². The smallest absolute Gasteiger partial charge is 0.310 e. The predicted octanol–water partition coefficient (Wildman–Crippen LogP) is 4.15. The molecule has 0 heterocycles. The monoisotopic (exact) mass is 504 g/mol. The quantitative estimate of drug-likeness (QED) is 0.361. The summed E-state index contributed by atoms with van der Waals surface area (Å²) >= 11 is 0. The van der Waals surface area contributed by atoms with Crippen molar-refractivity contribution in [1.29, 1.82) is 0 Å². The van der Waals surface area contributed by atoms with Crippen LogP contribution >= 0.6 is 0 Å². The highest BCUT2D eigenvalue weighted by atomic mass is 16.4. The molecule has 5 aliphatic rings. The predicted molar refractivity (Wildman–Crippen MR) is 137 cm³/mol. The summed E-state index contributed by atoms with van der Waals surface area (Å²) in [7, 11) is 0. The molecule has 5 aliphatic carbocycles. The normalized spacial score (nSPS) is 58.6. The summed E-state index contributed by atoms with van der Waals surface area (Å²) in [6, 6.07) is 0. The van der Waals surface area contributed by atoms with Crippen LogP contribution in [0.1, 0.15) is 92.9 Å². The summed E-state index contributed by atoms with van der Waals surface area (Å²) in [5.74, 6) is -0.834. The second kappa shape index (κ2) is 7.80. The number of rotatable bonds is 2. The number of hydrogen-bond acceptors (Lipinski definition) is 5. The van der Waals surface area contributed by atoms with E-state index in [0.717, 1.165) is 37.7 Å². The van der Waals surface area contributed by atoms with E-state index < -0.39 is 40.5 Å². The van der Waals surface area contributed by atoms with Crippen LogP contribution in [0.5, 0.6) is 0 Å². The molecule has 4 saturated carbocycles. The van der Waals surface area contributed by atoms with Crippen LogP contribution in [0.3, 0.4) is 0 Å². The minimum absolute atomic E-state index is 0.0252. The average molecular weight is 505 g/mol. The van der Waals surface area contributed by atoms with Crippen LogP contribution in [0.25, 0.3) is 0 Å². The Labute approximate surface area is 216 Å². The molecule has 0 aromatic carbocycles. The molecule has 36 heavy (non-hydrogen) atoms. The van der Waals surface area contributed by atoms with E-state index >= 15 is 0 Å². The fraction of sp³-hybridized carbons (Fsp3) is 0.900. The van der Waals surface area contributed by atoms with Crippen LogP contribution in [0.4, 0.5) is 0 Å². The van der Waals surface area contributed by atoms with Crippen molar-refractivity contribution in [1.82, 2.24) is 0 Å². The van der Waals surface area contributed by atoms with Gasteiger partial charge in [-0.2, -0.15) is 0 Å². The Morgan fingerprint density at radius 2 is 1.67 bits per heavy atom. The number of aliphatic carboxylic acids is 1. The average Bonchev–Trinajstić information content (AvgIpc) is 2.80. The summed E-state index contributed by atoms with van der Waals surface area (Å²) in [5.41, 5.74) is -2.28. The van der Waals surface area contributed by atoms with Gasteiger partial charge in [-0.05, 0) is 92.3 Å². The van der Waals surface area contributed by atoms with Crippen LogP contribution in [-0.4, -0.2) is 55.9 Å². The molecule has 0 amide bonds. The summed E-state index contributed by atoms with van der Waals surface area (Å²) < 4.78 is 0. The highest BCUT2D eigenvalue weighted by Gasteiger charge is 2.72. The van der Waals surface area contributed by atoms with Gasteiger partial charge in [0, 0.05) is 11.3 Å². The second-order valence-corrected chi connectivity index (χ2v) is 14.7. The molecule has 5 N–H and O–H groups in total. The summed E-state index contributed by atoms with van der Waals surface area (Å²) in [5, 5.41) is 54.8. The zero-order valence-corrected chi connectivity index (χ0v) is 23.0. The summed E-state index contributed by atoms with van der Waals surface area (Å²) in [4.78, 5) is 12.8. The van der Waals surface area contributed by atoms with E-state index in [9.17, 15) is 30.3 Å². The molecular formula is C30H48O6. The van der Waals surface area contributed by atoms with Crippen molar-refractivity contribution in [2.24, 2.45) is 50.7 Å². The Bertz CT molecular complexity index is 974. The van der Waals surface area contributed by atoms with Crippen molar-refractivity contribution in [3.8, 4) is 0 Å². The van der Waals surface area contributed by atoms with Gasteiger partial charge in [0.2, 0.25) is 0 Å². The van der Waals surface area contributed by atoms with Crippen LogP contribution in [-0.2, 0) is 4.79 Å². The molecule has 0 aromatic heterocycles. The second-order valence-electron chi connectivity index (χ2n) is 14.7. The van der Waals surface area contributed by atoms with Gasteiger partial charge >= 0.3 is 5.97 Å². The molecule has 0 saturated heterocycles. The third kappa shape index (κ3) is 2.91. The number of carbonyl (C=O) groups is 1. The number of carboxylic acids is 1. The molecule has 204 valence electrons. The van der Waals surface area contributed by atoms with Crippen molar-refractivity contribution in [2.45, 2.75) is 111 Å². The Balaban J connectivity index is 1.65. The number of fused-ring (bicyclic) bond motifs is 7. The zero-order valence-electron chi connectivity index (χ0n) is 23.0. The van der Waals surface area contributed by atoms with E-state index in [1.807, 2.05) is 13.8 Å². The van der Waals surface area contributed by atoms with Gasteiger partial charge < -0.3 is 25.5 Å². The highest BCUT2D eigenvalue weighted by Crippen LogP contribution is 2.76. The lowest BCUT2D eigenvalue weighted by Gasteiger charge is -2.72. The van der Waals surface area contributed by atoms with Gasteiger partial charge in [-0.1, -0.05) is 46.3 Å². The lowest BCUT2D eigenvalue weighted by atomic mass is 9.33. The SMILES string of the molecule is C[C@@H]1CC[C@]2(C(=O)O)CC[C@]3(C)C(=CC[C@@H]4[C@@]5(C)C[C@@H](O)[C@H](O)C(C)(CO)C5CC[C@]43C)[C@@H]2[C@]1(C)O. The lowest BCUT2D eigenvalue weighted by molar-refractivity contribution is -0.247. The molecule has 6 nitrogen and oxygen atoms in total. The minimum Gasteiger partial charge on any atom is -0.481 e. The number of hydrogen-bond donors (Lipinski definition) is 5. The number of allylic oxidation sites excluding steroid dienone is 1. The highest BCUT2D eigenvalue weighted by molar-refractivity contribution is 5.77. The van der Waals surface area contributed by atoms with Crippen molar-refractivity contribution < 1.29 is 30.3 Å². The van der Waals surface area contributed by atoms with Gasteiger partial charge in [-0.3, -0.25) is 4.79 Å². The zero-order chi connectivity index (χ0) is 26.7. The van der Waals surface area contributed by atoms with E-state index in [2.05, 4.69) is 33.8 Å². The first-order chi connectivity index (χ1) is 16.6. The largest absolute Gasteiger partial charge is 0.481 e. The van der Waals surface area contributed by atoms with Crippen LogP contribution in [0.15, 0.2) is 11.6 Å². The number of carboxylic acid groups (broad SMARTS) is 1. The van der Waals surface area contributed by atoms with Crippen molar-refractivity contribution in [2.75, 3.05) is 6.61 Å². The third-order valence-electron chi connectivity index (χ3n) is 13.6. The van der Waals surface area contributed by atoms with E-state index in [-0.39, 0.29) is 40.6 Å². The van der Waals surface area contributed by atoms with Crippen molar-refractivity contribution in [3.63, 3.8) is 0 Å². The molecule has 4 fully saturated rings. The Morgan fingerprint density at radius 1 is 1.00 bits per heavy atom. The van der Waals surface area contributed by atoms with Crippen LogP contribution in [0, 0.1) is 50.7 Å². The summed E-state index contributed by atoms with van der Waals surface area (Å²) in [6.07, 6.45) is 6.20.